The van der Waals surface area contributed by atoms with Crippen molar-refractivity contribution in [1.29, 1.82) is 0 Å². The van der Waals surface area contributed by atoms with Crippen LogP contribution in [0.2, 0.25) is 0 Å². The first-order valence-electron chi connectivity index (χ1n) is 5.42. The molecule has 5 nitrogen and oxygen atoms in total. The minimum absolute atomic E-state index is 0.0872. The highest BCUT2D eigenvalue weighted by atomic mass is 32.2. The Kier molecular flexibility index (Phi) is 4.38. The van der Waals surface area contributed by atoms with Crippen molar-refractivity contribution < 1.29 is 9.21 Å². The molecule has 0 amide bonds. The van der Waals surface area contributed by atoms with E-state index in [0.29, 0.717) is 6.54 Å². The van der Waals surface area contributed by atoms with Gasteiger partial charge in [-0.15, -0.1) is 10.2 Å². The molecule has 0 radical (unpaired) electrons. The van der Waals surface area contributed by atoms with E-state index in [9.17, 15) is 4.79 Å². The van der Waals surface area contributed by atoms with Gasteiger partial charge in [0.05, 0.1) is 18.1 Å². The summed E-state index contributed by atoms with van der Waals surface area (Å²) in [5, 5.41) is 11.8. The Labute approximate surface area is 113 Å². The lowest BCUT2D eigenvalue weighted by atomic mass is 10.3. The molecule has 18 heavy (non-hydrogen) atoms. The molecule has 0 spiro atoms. The van der Waals surface area contributed by atoms with Crippen LogP contribution in [0.5, 0.6) is 0 Å². The highest BCUT2D eigenvalue weighted by molar-refractivity contribution is 8.02. The summed E-state index contributed by atoms with van der Waals surface area (Å²) in [5.41, 5.74) is 0. The zero-order valence-corrected chi connectivity index (χ0v) is 11.7. The lowest BCUT2D eigenvalue weighted by Crippen LogP contribution is -2.07. The van der Waals surface area contributed by atoms with Crippen molar-refractivity contribution in [2.24, 2.45) is 0 Å². The second kappa shape index (κ2) is 6.01. The quantitative estimate of drug-likeness (QED) is 0.822. The Morgan fingerprint density at radius 1 is 1.61 bits per heavy atom. The molecule has 0 aliphatic heterocycles. The third-order valence-corrected chi connectivity index (χ3v) is 4.43. The Bertz CT molecular complexity index is 510. The third-order valence-electron chi connectivity index (χ3n) is 2.25. The van der Waals surface area contributed by atoms with Crippen molar-refractivity contribution in [3.63, 3.8) is 0 Å². The van der Waals surface area contributed by atoms with E-state index in [0.717, 1.165) is 15.2 Å². The van der Waals surface area contributed by atoms with Crippen molar-refractivity contribution in [2.75, 3.05) is 5.32 Å². The monoisotopic (exact) mass is 283 g/mol. The van der Waals surface area contributed by atoms with Gasteiger partial charge in [0.15, 0.2) is 4.34 Å². The molecule has 1 N–H and O–H groups in total. The summed E-state index contributed by atoms with van der Waals surface area (Å²) in [4.78, 5) is 11.1. The van der Waals surface area contributed by atoms with Crippen LogP contribution < -0.4 is 5.32 Å². The van der Waals surface area contributed by atoms with Crippen molar-refractivity contribution in [3.8, 4) is 0 Å². The van der Waals surface area contributed by atoms with E-state index in [1.54, 1.807) is 13.2 Å². The van der Waals surface area contributed by atoms with Gasteiger partial charge in [-0.3, -0.25) is 4.79 Å². The van der Waals surface area contributed by atoms with E-state index < -0.39 is 0 Å². The Morgan fingerprint density at radius 2 is 2.44 bits per heavy atom. The molecular weight excluding hydrogens is 270 g/mol. The molecule has 0 saturated carbocycles. The van der Waals surface area contributed by atoms with Gasteiger partial charge in [0.2, 0.25) is 5.13 Å². The Morgan fingerprint density at radius 3 is 3.11 bits per heavy atom. The molecule has 7 heteroatoms. The minimum atomic E-state index is -0.0872. The molecule has 2 aromatic heterocycles. The number of nitrogens with zero attached hydrogens (tertiary/aromatic N) is 2. The predicted octanol–water partition coefficient (Wildman–Crippen LogP) is 2.81. The molecule has 1 unspecified atom stereocenters. The van der Waals surface area contributed by atoms with Gasteiger partial charge < -0.3 is 9.73 Å². The number of thioether (sulfide) groups is 1. The van der Waals surface area contributed by atoms with Crippen LogP contribution in [0.25, 0.3) is 0 Å². The van der Waals surface area contributed by atoms with Gasteiger partial charge in [-0.2, -0.15) is 0 Å². The molecule has 2 rings (SSSR count). The van der Waals surface area contributed by atoms with Crippen molar-refractivity contribution in [2.45, 2.75) is 30.0 Å². The molecule has 0 aliphatic carbocycles. The molecule has 2 heterocycles. The van der Waals surface area contributed by atoms with Gasteiger partial charge in [0.1, 0.15) is 11.5 Å². The smallest absolute Gasteiger partial charge is 0.206 e. The van der Waals surface area contributed by atoms with E-state index in [1.165, 1.54) is 23.1 Å². The first-order valence-corrected chi connectivity index (χ1v) is 7.11. The normalized spacial score (nSPS) is 12.3. The number of anilines is 1. The number of hydrogen-bond donors (Lipinski definition) is 1. The maximum atomic E-state index is 11.1. The highest BCUT2D eigenvalue weighted by Gasteiger charge is 2.13. The zero-order valence-electron chi connectivity index (χ0n) is 10.0. The van der Waals surface area contributed by atoms with Crippen LogP contribution in [-0.2, 0) is 11.3 Å². The van der Waals surface area contributed by atoms with Gasteiger partial charge in [0, 0.05) is 0 Å². The largest absolute Gasteiger partial charge is 0.467 e. The van der Waals surface area contributed by atoms with Gasteiger partial charge in [-0.1, -0.05) is 23.1 Å². The number of carbonyl (C=O) groups excluding carboxylic acids is 1. The number of furan rings is 1. The zero-order chi connectivity index (χ0) is 13.0. The van der Waals surface area contributed by atoms with Gasteiger partial charge in [0.25, 0.3) is 0 Å². The first kappa shape index (κ1) is 13.1. The number of ketones is 1. The fourth-order valence-electron chi connectivity index (χ4n) is 1.14. The van der Waals surface area contributed by atoms with Crippen LogP contribution in [0.15, 0.2) is 27.2 Å². The van der Waals surface area contributed by atoms with E-state index in [1.807, 2.05) is 19.1 Å². The number of aromatic nitrogens is 2. The molecule has 0 aromatic carbocycles. The molecule has 2 aromatic rings. The Balaban J connectivity index is 1.88. The van der Waals surface area contributed by atoms with E-state index in [4.69, 9.17) is 4.42 Å². The van der Waals surface area contributed by atoms with E-state index >= 15 is 0 Å². The average molecular weight is 283 g/mol. The standard InChI is InChI=1S/C11H13N3O2S2/c1-7(15)8(2)17-11-14-13-10(18-11)12-6-9-4-3-5-16-9/h3-5,8H,6H2,1-2H3,(H,12,13). The van der Waals surface area contributed by atoms with Crippen LogP contribution >= 0.6 is 23.1 Å². The number of rotatable bonds is 6. The third kappa shape index (κ3) is 3.58. The summed E-state index contributed by atoms with van der Waals surface area (Å²) >= 11 is 2.86. The maximum Gasteiger partial charge on any atom is 0.206 e. The highest BCUT2D eigenvalue weighted by Crippen LogP contribution is 2.29. The minimum Gasteiger partial charge on any atom is -0.467 e. The summed E-state index contributed by atoms with van der Waals surface area (Å²) < 4.78 is 5.99. The number of carbonyl (C=O) groups is 1. The maximum absolute atomic E-state index is 11.1. The second-order valence-electron chi connectivity index (χ2n) is 3.68. The molecule has 0 bridgehead atoms. The lowest BCUT2D eigenvalue weighted by molar-refractivity contribution is -0.116. The average Bonchev–Trinajstić information content (AvgIpc) is 2.96. The SMILES string of the molecule is CC(=O)C(C)Sc1nnc(NCc2ccco2)s1. The molecule has 0 aliphatic rings. The number of Topliss-reactive ketones (excluding diaryl/α,β-unsaturated/α-hetero) is 1. The summed E-state index contributed by atoms with van der Waals surface area (Å²) in [6.07, 6.45) is 1.63. The predicted molar refractivity (Wildman–Crippen MR) is 71.9 cm³/mol. The lowest BCUT2D eigenvalue weighted by Gasteiger charge is -2.01. The molecule has 96 valence electrons. The van der Waals surface area contributed by atoms with Crippen LogP contribution in [0.4, 0.5) is 5.13 Å². The van der Waals surface area contributed by atoms with Crippen molar-refractivity contribution >= 4 is 34.0 Å². The summed E-state index contributed by atoms with van der Waals surface area (Å²) in [6.45, 7) is 4.02. The number of hydrogen-bond acceptors (Lipinski definition) is 7. The van der Waals surface area contributed by atoms with Gasteiger partial charge >= 0.3 is 0 Å². The van der Waals surface area contributed by atoms with E-state index in [-0.39, 0.29) is 11.0 Å². The fourth-order valence-corrected chi connectivity index (χ4v) is 3.03. The van der Waals surface area contributed by atoms with Crippen LogP contribution in [0, 0.1) is 0 Å². The Hall–Kier alpha value is -1.34. The first-order chi connectivity index (χ1) is 8.65. The molecule has 0 fully saturated rings. The number of nitrogens with one attached hydrogen (secondary N) is 1. The molecular formula is C11H13N3O2S2. The van der Waals surface area contributed by atoms with Crippen molar-refractivity contribution in [3.05, 3.63) is 24.2 Å². The summed E-state index contributed by atoms with van der Waals surface area (Å²) in [6, 6.07) is 3.73. The van der Waals surface area contributed by atoms with Gasteiger partial charge in [-0.05, 0) is 26.0 Å². The van der Waals surface area contributed by atoms with Crippen LogP contribution in [0.3, 0.4) is 0 Å². The fraction of sp³-hybridized carbons (Fsp3) is 0.364. The van der Waals surface area contributed by atoms with Gasteiger partial charge in [-0.25, -0.2) is 0 Å². The second-order valence-corrected chi connectivity index (χ2v) is 6.24. The van der Waals surface area contributed by atoms with Crippen molar-refractivity contribution in [1.82, 2.24) is 10.2 Å². The molecule has 1 atom stereocenters. The van der Waals surface area contributed by atoms with E-state index in [2.05, 4.69) is 15.5 Å². The summed E-state index contributed by atoms with van der Waals surface area (Å²) in [7, 11) is 0. The molecule has 0 saturated heterocycles. The van der Waals surface area contributed by atoms with Crippen LogP contribution in [0.1, 0.15) is 19.6 Å². The summed E-state index contributed by atoms with van der Waals surface area (Å²) in [5.74, 6) is 0.983. The van der Waals surface area contributed by atoms with Crippen LogP contribution in [-0.4, -0.2) is 21.2 Å². The topological polar surface area (TPSA) is 68.0 Å².